The summed E-state index contributed by atoms with van der Waals surface area (Å²) in [7, 11) is 1.67. The average Bonchev–Trinajstić information content (AvgIpc) is 2.79. The summed E-state index contributed by atoms with van der Waals surface area (Å²) in [4.78, 5) is 5.35. The molecule has 1 heterocycles. The molecule has 0 saturated carbocycles. The molecule has 1 aliphatic rings. The van der Waals surface area contributed by atoms with Crippen molar-refractivity contribution in [1.82, 2.24) is 0 Å². The molecular formula is C13H16ClNO2S. The van der Waals surface area contributed by atoms with Crippen molar-refractivity contribution in [1.29, 1.82) is 0 Å². The fraction of sp³-hybridized carbons (Fsp3) is 0.462. The molecule has 2 rings (SSSR count). The van der Waals surface area contributed by atoms with Crippen LogP contribution in [0.2, 0.25) is 0 Å². The molecule has 5 heteroatoms. The Balaban J connectivity index is 1.89. The monoisotopic (exact) mass is 285 g/mol. The Bertz CT molecular complexity index is 452. The molecular weight excluding hydrogens is 270 g/mol. The first-order chi connectivity index (χ1) is 8.65. The highest BCUT2D eigenvalue weighted by molar-refractivity contribution is 8.13. The summed E-state index contributed by atoms with van der Waals surface area (Å²) in [6, 6.07) is 8.04. The molecule has 0 amide bonds. The van der Waals surface area contributed by atoms with Gasteiger partial charge >= 0.3 is 0 Å². The quantitative estimate of drug-likeness (QED) is 0.791. The number of ether oxygens (including phenoxy) is 1. The van der Waals surface area contributed by atoms with Crippen LogP contribution >= 0.6 is 23.4 Å². The molecule has 0 saturated heterocycles. The molecule has 1 aromatic carbocycles. The standard InChI is InChI=1S/C13H16ClNO2S/c1-13(9-14)7-12(15-17-13)18-8-10-4-3-5-11(6-10)16-2/h3-6H,7-9H2,1-2H3. The lowest BCUT2D eigenvalue weighted by Gasteiger charge is -2.16. The Hall–Kier alpha value is -0.870. The predicted molar refractivity (Wildman–Crippen MR) is 76.6 cm³/mol. The predicted octanol–water partition coefficient (Wildman–Crippen LogP) is 3.66. The van der Waals surface area contributed by atoms with E-state index in [9.17, 15) is 0 Å². The second-order valence-electron chi connectivity index (χ2n) is 4.48. The highest BCUT2D eigenvalue weighted by atomic mass is 35.5. The third-order valence-corrected chi connectivity index (χ3v) is 4.31. The molecule has 0 radical (unpaired) electrons. The lowest BCUT2D eigenvalue weighted by molar-refractivity contribution is 0.0152. The van der Waals surface area contributed by atoms with Crippen LogP contribution in [0.5, 0.6) is 5.75 Å². The second kappa shape index (κ2) is 5.85. The fourth-order valence-corrected chi connectivity index (χ4v) is 2.78. The molecule has 1 aliphatic heterocycles. The van der Waals surface area contributed by atoms with Gasteiger partial charge in [-0.05, 0) is 24.6 Å². The molecule has 0 aliphatic carbocycles. The van der Waals surface area contributed by atoms with Crippen LogP contribution in [0, 0.1) is 0 Å². The van der Waals surface area contributed by atoms with E-state index in [1.807, 2.05) is 25.1 Å². The van der Waals surface area contributed by atoms with Gasteiger partial charge in [0.05, 0.1) is 13.0 Å². The van der Waals surface area contributed by atoms with Crippen molar-refractivity contribution in [3.63, 3.8) is 0 Å². The molecule has 18 heavy (non-hydrogen) atoms. The van der Waals surface area contributed by atoms with Gasteiger partial charge in [0.2, 0.25) is 0 Å². The number of hydrogen-bond donors (Lipinski definition) is 0. The van der Waals surface area contributed by atoms with E-state index in [-0.39, 0.29) is 5.60 Å². The van der Waals surface area contributed by atoms with Crippen molar-refractivity contribution >= 4 is 28.4 Å². The number of hydrogen-bond acceptors (Lipinski definition) is 4. The van der Waals surface area contributed by atoms with Gasteiger partial charge in [0.1, 0.15) is 10.8 Å². The van der Waals surface area contributed by atoms with E-state index in [2.05, 4.69) is 11.2 Å². The van der Waals surface area contributed by atoms with Gasteiger partial charge in [0.15, 0.2) is 5.60 Å². The zero-order chi connectivity index (χ0) is 13.0. The summed E-state index contributed by atoms with van der Waals surface area (Å²) in [6.45, 7) is 1.97. The molecule has 0 bridgehead atoms. The van der Waals surface area contributed by atoms with Crippen LogP contribution in [0.4, 0.5) is 0 Å². The summed E-state index contributed by atoms with van der Waals surface area (Å²) in [5, 5.41) is 5.08. The van der Waals surface area contributed by atoms with Gasteiger partial charge in [-0.2, -0.15) is 0 Å². The van der Waals surface area contributed by atoms with Crippen LogP contribution in [0.1, 0.15) is 18.9 Å². The van der Waals surface area contributed by atoms with Crippen LogP contribution in [0.3, 0.4) is 0 Å². The van der Waals surface area contributed by atoms with Crippen molar-refractivity contribution in [2.75, 3.05) is 13.0 Å². The van der Waals surface area contributed by atoms with Crippen molar-refractivity contribution in [2.45, 2.75) is 24.7 Å². The fourth-order valence-electron chi connectivity index (χ4n) is 1.62. The number of thioether (sulfide) groups is 1. The smallest absolute Gasteiger partial charge is 0.154 e. The maximum Gasteiger partial charge on any atom is 0.154 e. The van der Waals surface area contributed by atoms with Gasteiger partial charge in [-0.15, -0.1) is 23.4 Å². The molecule has 1 unspecified atom stereocenters. The highest BCUT2D eigenvalue weighted by Crippen LogP contribution is 2.30. The lowest BCUT2D eigenvalue weighted by Crippen LogP contribution is -2.26. The number of rotatable bonds is 4. The normalized spacial score (nSPS) is 22.5. The molecule has 0 aromatic heterocycles. The summed E-state index contributed by atoms with van der Waals surface area (Å²) in [6.07, 6.45) is 0.783. The van der Waals surface area contributed by atoms with Crippen LogP contribution in [-0.4, -0.2) is 23.6 Å². The van der Waals surface area contributed by atoms with E-state index in [0.29, 0.717) is 5.88 Å². The summed E-state index contributed by atoms with van der Waals surface area (Å²) in [5.74, 6) is 2.20. The number of alkyl halides is 1. The van der Waals surface area contributed by atoms with E-state index in [4.69, 9.17) is 21.2 Å². The number of benzene rings is 1. The van der Waals surface area contributed by atoms with E-state index in [0.717, 1.165) is 23.0 Å². The number of nitrogens with zero attached hydrogens (tertiary/aromatic N) is 1. The minimum absolute atomic E-state index is 0.335. The van der Waals surface area contributed by atoms with Crippen molar-refractivity contribution < 1.29 is 9.57 Å². The Kier molecular flexibility index (Phi) is 4.40. The third-order valence-electron chi connectivity index (χ3n) is 2.72. The van der Waals surface area contributed by atoms with Gasteiger partial charge in [-0.25, -0.2) is 0 Å². The molecule has 0 fully saturated rings. The summed E-state index contributed by atoms with van der Waals surface area (Å²) >= 11 is 7.53. The van der Waals surface area contributed by atoms with Gasteiger partial charge in [0, 0.05) is 12.2 Å². The SMILES string of the molecule is COc1cccc(CSC2=NOC(C)(CCl)C2)c1. The maximum absolute atomic E-state index is 5.85. The highest BCUT2D eigenvalue weighted by Gasteiger charge is 2.33. The Labute approximate surface area is 116 Å². The number of halogens is 1. The molecule has 1 aromatic rings. The van der Waals surface area contributed by atoms with Gasteiger partial charge < -0.3 is 9.57 Å². The molecule has 1 atom stereocenters. The van der Waals surface area contributed by atoms with Crippen LogP contribution in [0.25, 0.3) is 0 Å². The van der Waals surface area contributed by atoms with Gasteiger partial charge in [-0.1, -0.05) is 17.3 Å². The van der Waals surface area contributed by atoms with Gasteiger partial charge in [0.25, 0.3) is 0 Å². The Morgan fingerprint density at radius 1 is 1.56 bits per heavy atom. The zero-order valence-corrected chi connectivity index (χ0v) is 12.1. The van der Waals surface area contributed by atoms with Crippen molar-refractivity contribution in [3.05, 3.63) is 29.8 Å². The first-order valence-corrected chi connectivity index (χ1v) is 7.24. The zero-order valence-electron chi connectivity index (χ0n) is 10.5. The molecule has 3 nitrogen and oxygen atoms in total. The van der Waals surface area contributed by atoms with Crippen LogP contribution in [-0.2, 0) is 10.6 Å². The minimum Gasteiger partial charge on any atom is -0.497 e. The Morgan fingerprint density at radius 2 is 2.39 bits per heavy atom. The maximum atomic E-state index is 5.85. The van der Waals surface area contributed by atoms with E-state index >= 15 is 0 Å². The van der Waals surface area contributed by atoms with E-state index in [1.54, 1.807) is 18.9 Å². The third kappa shape index (κ3) is 3.33. The number of methoxy groups -OCH3 is 1. The minimum atomic E-state index is -0.335. The van der Waals surface area contributed by atoms with Gasteiger partial charge in [-0.3, -0.25) is 0 Å². The van der Waals surface area contributed by atoms with E-state index in [1.165, 1.54) is 5.56 Å². The first kappa shape index (κ1) is 13.6. The molecule has 0 N–H and O–H groups in total. The topological polar surface area (TPSA) is 30.8 Å². The molecule has 98 valence electrons. The van der Waals surface area contributed by atoms with Crippen LogP contribution in [0.15, 0.2) is 29.4 Å². The summed E-state index contributed by atoms with van der Waals surface area (Å²) in [5.41, 5.74) is 0.875. The summed E-state index contributed by atoms with van der Waals surface area (Å²) < 4.78 is 5.20. The van der Waals surface area contributed by atoms with E-state index < -0.39 is 0 Å². The molecule has 0 spiro atoms. The van der Waals surface area contributed by atoms with Crippen molar-refractivity contribution in [3.8, 4) is 5.75 Å². The average molecular weight is 286 g/mol. The van der Waals surface area contributed by atoms with Crippen molar-refractivity contribution in [2.24, 2.45) is 5.16 Å². The first-order valence-electron chi connectivity index (χ1n) is 5.72. The second-order valence-corrected chi connectivity index (χ2v) is 5.79. The Morgan fingerprint density at radius 3 is 3.06 bits per heavy atom. The lowest BCUT2D eigenvalue weighted by atomic mass is 10.1. The largest absolute Gasteiger partial charge is 0.497 e. The van der Waals surface area contributed by atoms with Crippen LogP contribution < -0.4 is 4.74 Å². The number of oxime groups is 1.